The molecule has 3 rings (SSSR count). The number of aromatic nitrogens is 4. The Bertz CT molecular complexity index is 793. The molecule has 0 unspecified atom stereocenters. The summed E-state index contributed by atoms with van der Waals surface area (Å²) in [4.78, 5) is 25.2. The molecule has 26 heavy (non-hydrogen) atoms. The van der Waals surface area contributed by atoms with E-state index in [4.69, 9.17) is 11.6 Å². The second-order valence-electron chi connectivity index (χ2n) is 6.51. The standard InChI is InChI=1S/C17H21ClN6O2/c1-11-6-2-5-9-14(11)19-17(26)20-15(25)10-24-22-16(21-23-24)12-7-3-4-8-13(12)18/h3-4,7-8,11,14H,2,5-6,9-10H2,1H3,(H2,19,20,25,26)/t11-,14-/m1/s1. The average Bonchev–Trinajstić information content (AvgIpc) is 3.05. The van der Waals surface area contributed by atoms with E-state index in [1.54, 1.807) is 18.2 Å². The Kier molecular flexibility index (Phi) is 5.82. The predicted molar refractivity (Wildman–Crippen MR) is 96.4 cm³/mol. The maximum absolute atomic E-state index is 12.0. The second-order valence-corrected chi connectivity index (χ2v) is 6.92. The van der Waals surface area contributed by atoms with Crippen molar-refractivity contribution in [3.05, 3.63) is 29.3 Å². The van der Waals surface area contributed by atoms with E-state index in [-0.39, 0.29) is 12.6 Å². The molecule has 1 heterocycles. The van der Waals surface area contributed by atoms with E-state index in [1.165, 1.54) is 6.42 Å². The van der Waals surface area contributed by atoms with Crippen molar-refractivity contribution >= 4 is 23.5 Å². The highest BCUT2D eigenvalue weighted by Gasteiger charge is 2.23. The molecule has 1 fully saturated rings. The molecule has 0 saturated heterocycles. The van der Waals surface area contributed by atoms with Gasteiger partial charge < -0.3 is 5.32 Å². The van der Waals surface area contributed by atoms with Crippen molar-refractivity contribution in [2.75, 3.05) is 0 Å². The van der Waals surface area contributed by atoms with Crippen LogP contribution in [-0.4, -0.2) is 38.2 Å². The van der Waals surface area contributed by atoms with Crippen molar-refractivity contribution in [3.8, 4) is 11.4 Å². The largest absolute Gasteiger partial charge is 0.335 e. The maximum Gasteiger partial charge on any atom is 0.321 e. The van der Waals surface area contributed by atoms with Gasteiger partial charge in [0.15, 0.2) is 0 Å². The summed E-state index contributed by atoms with van der Waals surface area (Å²) < 4.78 is 0. The van der Waals surface area contributed by atoms with Gasteiger partial charge in [-0.3, -0.25) is 10.1 Å². The van der Waals surface area contributed by atoms with Gasteiger partial charge in [0.05, 0.1) is 5.02 Å². The van der Waals surface area contributed by atoms with Gasteiger partial charge in [-0.05, 0) is 36.1 Å². The molecule has 2 aromatic rings. The number of urea groups is 1. The molecule has 138 valence electrons. The quantitative estimate of drug-likeness (QED) is 0.853. The van der Waals surface area contributed by atoms with Crippen molar-refractivity contribution < 1.29 is 9.59 Å². The van der Waals surface area contributed by atoms with Gasteiger partial charge in [-0.15, -0.1) is 10.2 Å². The molecule has 0 bridgehead atoms. The van der Waals surface area contributed by atoms with Gasteiger partial charge >= 0.3 is 6.03 Å². The van der Waals surface area contributed by atoms with Crippen molar-refractivity contribution in [2.24, 2.45) is 5.92 Å². The number of hydrogen-bond acceptors (Lipinski definition) is 5. The van der Waals surface area contributed by atoms with Crippen LogP contribution in [-0.2, 0) is 11.3 Å². The van der Waals surface area contributed by atoms with Crippen LogP contribution >= 0.6 is 11.6 Å². The summed E-state index contributed by atoms with van der Waals surface area (Å²) in [5.74, 6) is 0.234. The van der Waals surface area contributed by atoms with Crippen molar-refractivity contribution in [2.45, 2.75) is 45.2 Å². The third-order valence-electron chi connectivity index (χ3n) is 4.53. The second kappa shape index (κ2) is 8.27. The fourth-order valence-electron chi connectivity index (χ4n) is 3.09. The highest BCUT2D eigenvalue weighted by atomic mass is 35.5. The average molecular weight is 377 g/mol. The van der Waals surface area contributed by atoms with E-state index in [0.717, 1.165) is 24.1 Å². The normalized spacial score (nSPS) is 19.8. The number of nitrogens with one attached hydrogen (secondary N) is 2. The lowest BCUT2D eigenvalue weighted by atomic mass is 9.86. The molecule has 0 aliphatic heterocycles. The molecule has 9 heteroatoms. The van der Waals surface area contributed by atoms with Crippen molar-refractivity contribution in [1.82, 2.24) is 30.8 Å². The minimum absolute atomic E-state index is 0.105. The Balaban J connectivity index is 1.54. The zero-order valence-corrected chi connectivity index (χ0v) is 15.2. The molecule has 1 aliphatic carbocycles. The highest BCUT2D eigenvalue weighted by molar-refractivity contribution is 6.33. The Morgan fingerprint density at radius 1 is 1.27 bits per heavy atom. The molecular formula is C17H21ClN6O2. The fraction of sp³-hybridized carbons (Fsp3) is 0.471. The number of hydrogen-bond donors (Lipinski definition) is 2. The molecule has 2 atom stereocenters. The van der Waals surface area contributed by atoms with Crippen LogP contribution in [0.25, 0.3) is 11.4 Å². The Labute approximate surface area is 156 Å². The Morgan fingerprint density at radius 2 is 2.04 bits per heavy atom. The van der Waals surface area contributed by atoms with Crippen LogP contribution in [0.2, 0.25) is 5.02 Å². The first-order valence-corrected chi connectivity index (χ1v) is 9.04. The van der Waals surface area contributed by atoms with Gasteiger partial charge in [0.2, 0.25) is 5.82 Å². The predicted octanol–water partition coefficient (Wildman–Crippen LogP) is 2.40. The number of carbonyl (C=O) groups is 2. The van der Waals surface area contributed by atoms with Gasteiger partial charge in [-0.25, -0.2) is 4.79 Å². The SMILES string of the molecule is C[C@@H]1CCCC[C@H]1NC(=O)NC(=O)Cn1nnc(-c2ccccc2Cl)n1. The first kappa shape index (κ1) is 18.3. The van der Waals surface area contributed by atoms with Gasteiger partial charge in [0.1, 0.15) is 6.54 Å². The Hall–Kier alpha value is -2.48. The minimum Gasteiger partial charge on any atom is -0.335 e. The van der Waals surface area contributed by atoms with Gasteiger partial charge in [0.25, 0.3) is 5.91 Å². The van der Waals surface area contributed by atoms with Crippen LogP contribution in [0.1, 0.15) is 32.6 Å². The monoisotopic (exact) mass is 376 g/mol. The summed E-state index contributed by atoms with van der Waals surface area (Å²) in [6.07, 6.45) is 4.31. The van der Waals surface area contributed by atoms with E-state index in [2.05, 4.69) is 33.0 Å². The summed E-state index contributed by atoms with van der Waals surface area (Å²) >= 11 is 6.10. The summed E-state index contributed by atoms with van der Waals surface area (Å²) in [5.41, 5.74) is 0.629. The van der Waals surface area contributed by atoms with Gasteiger partial charge in [-0.1, -0.05) is 43.5 Å². The van der Waals surface area contributed by atoms with Crippen LogP contribution in [0.5, 0.6) is 0 Å². The smallest absolute Gasteiger partial charge is 0.321 e. The van der Waals surface area contributed by atoms with E-state index < -0.39 is 11.9 Å². The van der Waals surface area contributed by atoms with Crippen LogP contribution in [0.4, 0.5) is 4.79 Å². The lowest BCUT2D eigenvalue weighted by molar-refractivity contribution is -0.121. The number of nitrogens with zero attached hydrogens (tertiary/aromatic N) is 4. The van der Waals surface area contributed by atoms with Crippen molar-refractivity contribution in [3.63, 3.8) is 0 Å². The first-order valence-electron chi connectivity index (χ1n) is 8.66. The lowest BCUT2D eigenvalue weighted by Crippen LogP contribution is -2.48. The number of benzene rings is 1. The summed E-state index contributed by atoms with van der Waals surface area (Å²) in [5, 5.41) is 17.5. The molecular weight excluding hydrogens is 356 g/mol. The molecule has 3 amide bonds. The summed E-state index contributed by atoms with van der Waals surface area (Å²) in [7, 11) is 0. The third kappa shape index (κ3) is 4.57. The van der Waals surface area contributed by atoms with E-state index >= 15 is 0 Å². The van der Waals surface area contributed by atoms with Gasteiger partial charge in [0, 0.05) is 11.6 Å². The number of imide groups is 1. The van der Waals surface area contributed by atoms with Gasteiger partial charge in [-0.2, -0.15) is 4.80 Å². The van der Waals surface area contributed by atoms with Crippen LogP contribution in [0, 0.1) is 5.92 Å². The summed E-state index contributed by atoms with van der Waals surface area (Å²) in [6.45, 7) is 1.91. The molecule has 8 nitrogen and oxygen atoms in total. The Morgan fingerprint density at radius 3 is 2.81 bits per heavy atom. The number of tetrazole rings is 1. The van der Waals surface area contributed by atoms with Crippen LogP contribution in [0.15, 0.2) is 24.3 Å². The van der Waals surface area contributed by atoms with Crippen molar-refractivity contribution in [1.29, 1.82) is 0 Å². The van der Waals surface area contributed by atoms with Crippen LogP contribution < -0.4 is 10.6 Å². The van der Waals surface area contributed by atoms with E-state index in [0.29, 0.717) is 22.3 Å². The maximum atomic E-state index is 12.0. The number of carbonyl (C=O) groups excluding carboxylic acids is 2. The molecule has 1 aromatic heterocycles. The van der Waals surface area contributed by atoms with E-state index in [1.807, 2.05) is 6.07 Å². The number of amides is 3. The zero-order chi connectivity index (χ0) is 18.5. The third-order valence-corrected chi connectivity index (χ3v) is 4.86. The summed E-state index contributed by atoms with van der Waals surface area (Å²) in [6, 6.07) is 6.72. The lowest BCUT2D eigenvalue weighted by Gasteiger charge is -2.29. The molecule has 1 aromatic carbocycles. The van der Waals surface area contributed by atoms with Crippen LogP contribution in [0.3, 0.4) is 0 Å². The molecule has 0 spiro atoms. The van der Waals surface area contributed by atoms with E-state index in [9.17, 15) is 9.59 Å². The molecule has 2 N–H and O–H groups in total. The topological polar surface area (TPSA) is 102 Å². The first-order chi connectivity index (χ1) is 12.5. The highest BCUT2D eigenvalue weighted by Crippen LogP contribution is 2.24. The molecule has 0 radical (unpaired) electrons. The fourth-order valence-corrected chi connectivity index (χ4v) is 3.31. The number of rotatable bonds is 4. The molecule has 1 aliphatic rings. The molecule has 1 saturated carbocycles. The minimum atomic E-state index is -0.505. The zero-order valence-electron chi connectivity index (χ0n) is 14.5. The number of halogens is 1.